The Kier molecular flexibility index (Phi) is 13.6. The first-order chi connectivity index (χ1) is 11.2. The predicted molar refractivity (Wildman–Crippen MR) is 107 cm³/mol. The highest BCUT2D eigenvalue weighted by molar-refractivity contribution is 14.0. The Hall–Kier alpha value is -1.09. The molecule has 24 heavy (non-hydrogen) atoms. The Morgan fingerprint density at radius 3 is 2.62 bits per heavy atom. The first kappa shape index (κ1) is 22.9. The van der Waals surface area contributed by atoms with E-state index in [-0.39, 0.29) is 29.7 Å². The zero-order valence-electron chi connectivity index (χ0n) is 14.5. The lowest BCUT2D eigenvalue weighted by molar-refractivity contribution is 0.129. The van der Waals surface area contributed by atoms with Gasteiger partial charge in [0.2, 0.25) is 0 Å². The smallest absolute Gasteiger partial charge is 0.191 e. The molecule has 138 valence electrons. The van der Waals surface area contributed by atoms with Gasteiger partial charge in [-0.15, -0.1) is 24.0 Å². The molecule has 0 unspecified atom stereocenters. The van der Waals surface area contributed by atoms with Gasteiger partial charge in [0.1, 0.15) is 0 Å². The fourth-order valence-corrected chi connectivity index (χ4v) is 1.89. The van der Waals surface area contributed by atoms with Crippen LogP contribution in [0.1, 0.15) is 38.7 Å². The minimum absolute atomic E-state index is 0. The van der Waals surface area contributed by atoms with Crippen molar-refractivity contribution in [3.63, 3.8) is 0 Å². The molecule has 0 bridgehead atoms. The van der Waals surface area contributed by atoms with E-state index in [2.05, 4.69) is 22.5 Å². The molecule has 0 heterocycles. The lowest BCUT2D eigenvalue weighted by Gasteiger charge is -2.11. The van der Waals surface area contributed by atoms with Gasteiger partial charge in [0.15, 0.2) is 17.5 Å². The average Bonchev–Trinajstić information content (AvgIpc) is 2.54. The lowest BCUT2D eigenvalue weighted by atomic mass is 10.2. The molecule has 0 amide bonds. The molecule has 0 aliphatic heterocycles. The van der Waals surface area contributed by atoms with E-state index in [4.69, 9.17) is 4.74 Å². The van der Waals surface area contributed by atoms with Crippen LogP contribution < -0.4 is 10.6 Å². The van der Waals surface area contributed by atoms with Crippen molar-refractivity contribution in [1.29, 1.82) is 0 Å². The molecule has 0 spiro atoms. The zero-order chi connectivity index (χ0) is 16.9. The van der Waals surface area contributed by atoms with Gasteiger partial charge in [0, 0.05) is 26.3 Å². The van der Waals surface area contributed by atoms with Gasteiger partial charge < -0.3 is 20.5 Å². The number of nitrogens with zero attached hydrogens (tertiary/aromatic N) is 1. The van der Waals surface area contributed by atoms with Gasteiger partial charge in [-0.05, 0) is 37.5 Å². The van der Waals surface area contributed by atoms with Crippen molar-refractivity contribution in [2.24, 2.45) is 4.99 Å². The maximum Gasteiger partial charge on any atom is 0.191 e. The third kappa shape index (κ3) is 9.92. The standard InChI is InChI=1S/C17H28FN3O2.HI/c1-3-5-10-23-11-6-9-20-17(19-4-2)21-13-14-7-8-16(22)15(18)12-14;/h7-8,12,22H,3-6,9-11,13H2,1-2H3,(H2,19,20,21);1H. The first-order valence-corrected chi connectivity index (χ1v) is 8.24. The summed E-state index contributed by atoms with van der Waals surface area (Å²) in [5, 5.41) is 15.5. The summed E-state index contributed by atoms with van der Waals surface area (Å²) in [5.41, 5.74) is 0.709. The highest BCUT2D eigenvalue weighted by Gasteiger charge is 2.02. The molecule has 1 rings (SSSR count). The number of hydrogen-bond donors (Lipinski definition) is 3. The second kappa shape index (κ2) is 14.3. The molecule has 0 aliphatic carbocycles. The summed E-state index contributed by atoms with van der Waals surface area (Å²) in [6.45, 7) is 7.55. The van der Waals surface area contributed by atoms with Gasteiger partial charge in [-0.3, -0.25) is 0 Å². The number of ether oxygens (including phenoxy) is 1. The van der Waals surface area contributed by atoms with E-state index in [1.54, 1.807) is 6.07 Å². The third-order valence-electron chi connectivity index (χ3n) is 3.18. The number of hydrogen-bond acceptors (Lipinski definition) is 3. The largest absolute Gasteiger partial charge is 0.505 e. The fourth-order valence-electron chi connectivity index (χ4n) is 1.89. The minimum Gasteiger partial charge on any atom is -0.505 e. The quantitative estimate of drug-likeness (QED) is 0.220. The number of guanidine groups is 1. The highest BCUT2D eigenvalue weighted by Crippen LogP contribution is 2.16. The summed E-state index contributed by atoms with van der Waals surface area (Å²) in [6, 6.07) is 4.30. The van der Waals surface area contributed by atoms with E-state index in [0.29, 0.717) is 18.1 Å². The van der Waals surface area contributed by atoms with E-state index in [0.717, 1.165) is 45.6 Å². The summed E-state index contributed by atoms with van der Waals surface area (Å²) >= 11 is 0. The van der Waals surface area contributed by atoms with Crippen molar-refractivity contribution in [2.45, 2.75) is 39.7 Å². The minimum atomic E-state index is -0.625. The molecule has 0 aliphatic rings. The summed E-state index contributed by atoms with van der Waals surface area (Å²) in [5.74, 6) is -0.278. The maximum atomic E-state index is 13.3. The number of unbranched alkanes of at least 4 members (excludes halogenated alkanes) is 1. The molecule has 0 radical (unpaired) electrons. The van der Waals surface area contributed by atoms with Gasteiger partial charge in [-0.2, -0.15) is 0 Å². The van der Waals surface area contributed by atoms with Crippen LogP contribution in [0.2, 0.25) is 0 Å². The summed E-state index contributed by atoms with van der Waals surface area (Å²) in [6.07, 6.45) is 3.15. The second-order valence-corrected chi connectivity index (χ2v) is 5.23. The summed E-state index contributed by atoms with van der Waals surface area (Å²) in [4.78, 5) is 4.41. The Labute approximate surface area is 161 Å². The summed E-state index contributed by atoms with van der Waals surface area (Å²) in [7, 11) is 0. The Morgan fingerprint density at radius 2 is 1.96 bits per heavy atom. The van der Waals surface area contributed by atoms with Crippen molar-refractivity contribution in [2.75, 3.05) is 26.3 Å². The number of aromatic hydroxyl groups is 1. The molecule has 1 aromatic rings. The molecule has 0 atom stereocenters. The van der Waals surface area contributed by atoms with Gasteiger partial charge in [0.25, 0.3) is 0 Å². The SMILES string of the molecule is CCCCOCCCNC(=NCc1ccc(O)c(F)c1)NCC.I. The van der Waals surface area contributed by atoms with Crippen LogP contribution in [0.3, 0.4) is 0 Å². The Morgan fingerprint density at radius 1 is 1.21 bits per heavy atom. The fraction of sp³-hybridized carbons (Fsp3) is 0.588. The number of phenols is 1. The van der Waals surface area contributed by atoms with Gasteiger partial charge in [-0.25, -0.2) is 9.38 Å². The second-order valence-electron chi connectivity index (χ2n) is 5.23. The average molecular weight is 453 g/mol. The third-order valence-corrected chi connectivity index (χ3v) is 3.18. The van der Waals surface area contributed by atoms with Crippen molar-refractivity contribution in [3.8, 4) is 5.75 Å². The monoisotopic (exact) mass is 453 g/mol. The van der Waals surface area contributed by atoms with E-state index >= 15 is 0 Å². The first-order valence-electron chi connectivity index (χ1n) is 8.24. The van der Waals surface area contributed by atoms with Crippen LogP contribution in [0.15, 0.2) is 23.2 Å². The Bertz CT molecular complexity index is 487. The highest BCUT2D eigenvalue weighted by atomic mass is 127. The number of nitrogens with one attached hydrogen (secondary N) is 2. The molecule has 0 fully saturated rings. The van der Waals surface area contributed by atoms with Crippen LogP contribution in [-0.2, 0) is 11.3 Å². The normalized spacial score (nSPS) is 11.0. The molecule has 3 N–H and O–H groups in total. The van der Waals surface area contributed by atoms with E-state index in [1.165, 1.54) is 12.1 Å². The molecular weight excluding hydrogens is 424 g/mol. The van der Waals surface area contributed by atoms with E-state index in [1.807, 2.05) is 6.92 Å². The van der Waals surface area contributed by atoms with Crippen LogP contribution in [-0.4, -0.2) is 37.4 Å². The Balaban J connectivity index is 0.00000529. The van der Waals surface area contributed by atoms with E-state index in [9.17, 15) is 9.50 Å². The number of phenolic OH excluding ortho intramolecular Hbond substituents is 1. The van der Waals surface area contributed by atoms with Gasteiger partial charge in [0.05, 0.1) is 6.54 Å². The maximum absolute atomic E-state index is 13.3. The van der Waals surface area contributed by atoms with Crippen LogP contribution in [0, 0.1) is 5.82 Å². The lowest BCUT2D eigenvalue weighted by Crippen LogP contribution is -2.38. The van der Waals surface area contributed by atoms with Crippen LogP contribution >= 0.6 is 24.0 Å². The number of rotatable bonds is 10. The number of aliphatic imine (C=N–C) groups is 1. The molecule has 7 heteroatoms. The van der Waals surface area contributed by atoms with Crippen LogP contribution in [0.5, 0.6) is 5.75 Å². The van der Waals surface area contributed by atoms with Crippen LogP contribution in [0.25, 0.3) is 0 Å². The summed E-state index contributed by atoms with van der Waals surface area (Å²) < 4.78 is 18.8. The van der Waals surface area contributed by atoms with Gasteiger partial charge in [-0.1, -0.05) is 19.4 Å². The number of halogens is 2. The van der Waals surface area contributed by atoms with E-state index < -0.39 is 5.82 Å². The van der Waals surface area contributed by atoms with Crippen molar-refractivity contribution < 1.29 is 14.2 Å². The molecule has 0 aromatic heterocycles. The van der Waals surface area contributed by atoms with Crippen molar-refractivity contribution in [1.82, 2.24) is 10.6 Å². The molecule has 0 saturated carbocycles. The van der Waals surface area contributed by atoms with Gasteiger partial charge >= 0.3 is 0 Å². The van der Waals surface area contributed by atoms with Crippen molar-refractivity contribution >= 4 is 29.9 Å². The topological polar surface area (TPSA) is 65.9 Å². The predicted octanol–water partition coefficient (Wildman–Crippen LogP) is 3.41. The molecule has 1 aromatic carbocycles. The van der Waals surface area contributed by atoms with Crippen molar-refractivity contribution in [3.05, 3.63) is 29.6 Å². The molecule has 5 nitrogen and oxygen atoms in total. The molecule has 0 saturated heterocycles. The number of benzene rings is 1. The van der Waals surface area contributed by atoms with Crippen LogP contribution in [0.4, 0.5) is 4.39 Å². The molecular formula is C17H29FIN3O2. The zero-order valence-corrected chi connectivity index (χ0v) is 16.8.